The summed E-state index contributed by atoms with van der Waals surface area (Å²) in [6.45, 7) is 0.931. The van der Waals surface area contributed by atoms with Crippen LogP contribution in [0.1, 0.15) is 47.2 Å². The molecule has 2 heteroatoms. The van der Waals surface area contributed by atoms with Gasteiger partial charge in [0, 0.05) is 9.60 Å². The molecule has 21 heavy (non-hydrogen) atoms. The van der Waals surface area contributed by atoms with E-state index in [-0.39, 0.29) is 54.7 Å². The molecule has 0 atom stereocenters. The smallest absolute Gasteiger partial charge is 0.358 e. The monoisotopic (exact) mass is 416 g/mol. The minimum absolute atomic E-state index is 0. The van der Waals surface area contributed by atoms with Gasteiger partial charge in [0.25, 0.3) is 0 Å². The van der Waals surface area contributed by atoms with Gasteiger partial charge in [0.2, 0.25) is 0 Å². The first-order chi connectivity index (χ1) is 11.9. The van der Waals surface area contributed by atoms with Crippen molar-refractivity contribution in [1.29, 1.82) is 0 Å². The molecule has 2 rings (SSSR count). The number of hydrogen-bond donors (Lipinski definition) is 0. The maximum absolute atomic E-state index is 8.21. The van der Waals surface area contributed by atoms with E-state index >= 15 is 0 Å². The summed E-state index contributed by atoms with van der Waals surface area (Å²) < 4.78 is 55.2. The van der Waals surface area contributed by atoms with Crippen LogP contribution in [0, 0.1) is 69.1 Å². The van der Waals surface area contributed by atoms with Crippen LogP contribution < -0.4 is 4.57 Å². The van der Waals surface area contributed by atoms with E-state index in [1.165, 1.54) is 6.20 Å². The standard InChI is InChI=1S/C16H19N.C2H5.CH3.Ce/c1-12(2)14-9-10-16(17(4)11-14)15-8-6-5-7-13(15)3;1-2;;/h5-8,10-12H,1-4H3;1H2,2H3;1H3;/q;2*-1;+3/i1D3,2D3,12D;;;. The van der Waals surface area contributed by atoms with Crippen molar-refractivity contribution in [3.63, 3.8) is 0 Å². The summed E-state index contributed by atoms with van der Waals surface area (Å²) in [6.07, 6.45) is 1.37. The molecule has 1 aromatic heterocycles. The van der Waals surface area contributed by atoms with Gasteiger partial charge in [-0.1, -0.05) is 43.5 Å². The van der Waals surface area contributed by atoms with Crippen LogP contribution in [0.5, 0.6) is 0 Å². The van der Waals surface area contributed by atoms with Crippen molar-refractivity contribution in [2.45, 2.75) is 33.4 Å². The van der Waals surface area contributed by atoms with Gasteiger partial charge >= 0.3 is 41.7 Å². The SMILES string of the molecule is [2H]C([2H])([2H])C([2H])(c1[c-]cc(-c2ccccc2C)[n+](C)c1)C([2H])([2H])[2H].[CH2-]C.[CH3-].[Ce+3]. The van der Waals surface area contributed by atoms with E-state index in [1.54, 1.807) is 24.6 Å². The number of pyridine rings is 1. The van der Waals surface area contributed by atoms with Crippen LogP contribution in [0.15, 0.2) is 36.5 Å². The molecule has 2 aromatic rings. The minimum Gasteiger partial charge on any atom is -0.358 e. The van der Waals surface area contributed by atoms with Gasteiger partial charge in [-0.15, -0.1) is 6.07 Å². The number of hydrogen-bond acceptors (Lipinski definition) is 0. The van der Waals surface area contributed by atoms with Gasteiger partial charge in [-0.2, -0.15) is 13.0 Å². The summed E-state index contributed by atoms with van der Waals surface area (Å²) in [5.41, 5.74) is 2.54. The first kappa shape index (κ1) is 12.2. The molecule has 0 N–H and O–H groups in total. The van der Waals surface area contributed by atoms with Crippen LogP contribution in [-0.4, -0.2) is 0 Å². The molecule has 0 bridgehead atoms. The molecule has 0 aliphatic rings. The molecule has 0 spiro atoms. The molecule has 1 heterocycles. The Bertz CT molecular complexity index is 741. The molecule has 0 saturated carbocycles. The van der Waals surface area contributed by atoms with Crippen LogP contribution >= 0.6 is 0 Å². The van der Waals surface area contributed by atoms with Crippen molar-refractivity contribution in [1.82, 2.24) is 0 Å². The molecule has 1 radical (unpaired) electrons. The average molecular weight is 417 g/mol. The zero-order chi connectivity index (χ0) is 20.3. The van der Waals surface area contributed by atoms with E-state index in [0.717, 1.165) is 16.8 Å². The molecule has 0 aliphatic carbocycles. The normalized spacial score (nSPS) is 15.7. The second-order valence-electron chi connectivity index (χ2n) is 4.02. The minimum atomic E-state index is -3.01. The Morgan fingerprint density at radius 1 is 1.29 bits per heavy atom. The Labute approximate surface area is 175 Å². The Morgan fingerprint density at radius 3 is 2.43 bits per heavy atom. The number of benzene rings is 1. The number of nitrogens with zero attached hydrogens (tertiary/aromatic N) is 1. The summed E-state index contributed by atoms with van der Waals surface area (Å²) in [5.74, 6) is -2.73. The van der Waals surface area contributed by atoms with Crippen LogP contribution in [-0.2, 0) is 7.05 Å². The van der Waals surface area contributed by atoms with E-state index in [9.17, 15) is 0 Å². The quantitative estimate of drug-likeness (QED) is 0.494. The zero-order valence-electron chi connectivity index (χ0n) is 20.1. The fourth-order valence-corrected chi connectivity index (χ4v) is 1.81. The summed E-state index contributed by atoms with van der Waals surface area (Å²) in [5, 5.41) is 0. The van der Waals surface area contributed by atoms with Gasteiger partial charge in [0.15, 0.2) is 0 Å². The van der Waals surface area contributed by atoms with Gasteiger partial charge in [0.05, 0.1) is 6.20 Å². The van der Waals surface area contributed by atoms with E-state index in [1.807, 2.05) is 31.2 Å². The molecule has 1 aromatic carbocycles. The molecule has 0 unspecified atom stereocenters. The summed E-state index contributed by atoms with van der Waals surface area (Å²) >= 11 is 0. The average Bonchev–Trinajstić information content (AvgIpc) is 2.54. The predicted molar refractivity (Wildman–Crippen MR) is 88.2 cm³/mol. The maximum atomic E-state index is 8.21. The van der Waals surface area contributed by atoms with E-state index in [2.05, 4.69) is 13.0 Å². The maximum Gasteiger partial charge on any atom is 3.00 e. The zero-order valence-corrected chi connectivity index (χ0v) is 16.3. The van der Waals surface area contributed by atoms with Gasteiger partial charge in [0.1, 0.15) is 12.7 Å². The second kappa shape index (κ2) is 11.3. The van der Waals surface area contributed by atoms with Gasteiger partial charge in [-0.25, -0.2) is 0 Å². The fraction of sp³-hybridized carbons (Fsp3) is 0.316. The van der Waals surface area contributed by atoms with Crippen LogP contribution in [0.2, 0.25) is 0 Å². The Hall–Kier alpha value is -0.253. The molecular formula is C19H27CeN+. The first-order valence-electron chi connectivity index (χ1n) is 9.58. The van der Waals surface area contributed by atoms with Crippen molar-refractivity contribution in [2.75, 3.05) is 0 Å². The van der Waals surface area contributed by atoms with Crippen molar-refractivity contribution < 1.29 is 55.9 Å². The van der Waals surface area contributed by atoms with E-state index in [4.69, 9.17) is 9.60 Å². The Balaban J connectivity index is 0. The van der Waals surface area contributed by atoms with Gasteiger partial charge in [-0.05, 0) is 23.9 Å². The second-order valence-corrected chi connectivity index (χ2v) is 4.02. The molecular weight excluding hydrogens is 382 g/mol. The number of aryl methyl sites for hydroxylation is 2. The van der Waals surface area contributed by atoms with Crippen LogP contribution in [0.25, 0.3) is 11.3 Å². The number of aromatic nitrogens is 1. The van der Waals surface area contributed by atoms with E-state index < -0.39 is 19.6 Å². The largest absolute Gasteiger partial charge is 3.00 e. The molecule has 0 saturated heterocycles. The third kappa shape index (κ3) is 6.17. The van der Waals surface area contributed by atoms with Gasteiger partial charge < -0.3 is 18.9 Å². The van der Waals surface area contributed by atoms with E-state index in [0.29, 0.717) is 0 Å². The molecule has 0 aliphatic heterocycles. The third-order valence-corrected chi connectivity index (χ3v) is 2.76. The number of rotatable bonds is 2. The van der Waals surface area contributed by atoms with Crippen molar-refractivity contribution in [3.8, 4) is 11.3 Å². The first-order valence-corrected chi connectivity index (χ1v) is 6.08. The third-order valence-electron chi connectivity index (χ3n) is 2.76. The molecule has 1 nitrogen and oxygen atoms in total. The summed E-state index contributed by atoms with van der Waals surface area (Å²) in [7, 11) is 1.69. The fourth-order valence-electron chi connectivity index (χ4n) is 1.81. The van der Waals surface area contributed by atoms with Crippen LogP contribution in [0.4, 0.5) is 0 Å². The summed E-state index contributed by atoms with van der Waals surface area (Å²) in [6, 6.07) is 11.9. The van der Waals surface area contributed by atoms with Crippen LogP contribution in [0.3, 0.4) is 0 Å². The summed E-state index contributed by atoms with van der Waals surface area (Å²) in [4.78, 5) is 0. The molecule has 0 amide bonds. The Kier molecular flexibility index (Phi) is 6.59. The Morgan fingerprint density at radius 2 is 1.90 bits per heavy atom. The predicted octanol–water partition coefficient (Wildman–Crippen LogP) is 4.70. The molecule has 111 valence electrons. The topological polar surface area (TPSA) is 3.88 Å². The van der Waals surface area contributed by atoms with Gasteiger partial charge in [-0.3, -0.25) is 0 Å². The van der Waals surface area contributed by atoms with Crippen molar-refractivity contribution >= 4 is 0 Å². The molecule has 0 fully saturated rings. The van der Waals surface area contributed by atoms with Crippen molar-refractivity contribution in [2.24, 2.45) is 7.05 Å². The van der Waals surface area contributed by atoms with Crippen molar-refractivity contribution in [3.05, 3.63) is 68.1 Å².